The molecule has 1 heterocycles. The Bertz CT molecular complexity index is 642. The average Bonchev–Trinajstić information content (AvgIpc) is 2.60. The molecule has 0 aliphatic carbocycles. The van der Waals surface area contributed by atoms with Crippen molar-refractivity contribution in [3.05, 3.63) is 29.8 Å². The average molecular weight is 341 g/mol. The van der Waals surface area contributed by atoms with Gasteiger partial charge >= 0.3 is 0 Å². The molecule has 1 aromatic carbocycles. The van der Waals surface area contributed by atoms with Crippen LogP contribution in [0.5, 0.6) is 0 Å². The van der Waals surface area contributed by atoms with Crippen LogP contribution in [0.2, 0.25) is 0 Å². The zero-order chi connectivity index (χ0) is 16.9. The molecule has 2 N–H and O–H groups in total. The number of rotatable bonds is 6. The maximum absolute atomic E-state index is 12.6. The second-order valence-electron chi connectivity index (χ2n) is 5.44. The number of amides is 1. The molecule has 1 saturated heterocycles. The van der Waals surface area contributed by atoms with Crippen molar-refractivity contribution in [3.63, 3.8) is 0 Å². The van der Waals surface area contributed by atoms with Gasteiger partial charge < -0.3 is 15.4 Å². The number of carbonyl (C=O) groups is 1. The number of benzene rings is 1. The molecule has 128 valence electrons. The number of nitrogens with zero attached hydrogens (tertiary/aromatic N) is 1. The first kappa shape index (κ1) is 17.9. The van der Waals surface area contributed by atoms with Crippen LogP contribution in [0.4, 0.5) is 0 Å². The standard InChI is InChI=1S/C15H23N3O4S/c1-12(16-2)11-17-15(19)13-4-3-5-14(10-13)23(20,21)18-6-8-22-9-7-18/h3-5,10,12,16H,6-9,11H2,1-2H3,(H,17,19). The van der Waals surface area contributed by atoms with Gasteiger partial charge in [0.05, 0.1) is 18.1 Å². The number of hydrogen-bond acceptors (Lipinski definition) is 5. The highest BCUT2D eigenvalue weighted by Crippen LogP contribution is 2.18. The Hall–Kier alpha value is -1.48. The normalized spacial score (nSPS) is 17.7. The molecule has 7 nitrogen and oxygen atoms in total. The molecule has 1 amide bonds. The first-order chi connectivity index (χ1) is 10.9. The lowest BCUT2D eigenvalue weighted by atomic mass is 10.2. The highest BCUT2D eigenvalue weighted by molar-refractivity contribution is 7.89. The van der Waals surface area contributed by atoms with Crippen LogP contribution in [0.15, 0.2) is 29.2 Å². The van der Waals surface area contributed by atoms with Gasteiger partial charge in [-0.15, -0.1) is 0 Å². The molecule has 8 heteroatoms. The third-order valence-electron chi connectivity index (χ3n) is 3.77. The van der Waals surface area contributed by atoms with E-state index in [9.17, 15) is 13.2 Å². The van der Waals surface area contributed by atoms with E-state index >= 15 is 0 Å². The van der Waals surface area contributed by atoms with Gasteiger partial charge in [0.15, 0.2) is 0 Å². The summed E-state index contributed by atoms with van der Waals surface area (Å²) in [5, 5.41) is 5.80. The second-order valence-corrected chi connectivity index (χ2v) is 7.38. The fourth-order valence-electron chi connectivity index (χ4n) is 2.18. The van der Waals surface area contributed by atoms with Crippen molar-refractivity contribution in [2.75, 3.05) is 39.9 Å². The summed E-state index contributed by atoms with van der Waals surface area (Å²) in [6.07, 6.45) is 0. The lowest BCUT2D eigenvalue weighted by Gasteiger charge is -2.26. The third kappa shape index (κ3) is 4.51. The van der Waals surface area contributed by atoms with Crippen molar-refractivity contribution < 1.29 is 17.9 Å². The van der Waals surface area contributed by atoms with Gasteiger partial charge in [-0.2, -0.15) is 4.31 Å². The molecule has 2 rings (SSSR count). The van der Waals surface area contributed by atoms with Gasteiger partial charge in [-0.1, -0.05) is 6.07 Å². The van der Waals surface area contributed by atoms with Crippen LogP contribution in [-0.4, -0.2) is 64.6 Å². The van der Waals surface area contributed by atoms with Gasteiger partial charge in [0.1, 0.15) is 0 Å². The topological polar surface area (TPSA) is 87.7 Å². The highest BCUT2D eigenvalue weighted by atomic mass is 32.2. The number of sulfonamides is 1. The molecule has 1 fully saturated rings. The summed E-state index contributed by atoms with van der Waals surface area (Å²) in [5.41, 5.74) is 0.336. The van der Waals surface area contributed by atoms with Crippen LogP contribution in [0.3, 0.4) is 0 Å². The lowest BCUT2D eigenvalue weighted by molar-refractivity contribution is 0.0730. The Kier molecular flexibility index (Phi) is 6.11. The van der Waals surface area contributed by atoms with Crippen LogP contribution in [-0.2, 0) is 14.8 Å². The maximum Gasteiger partial charge on any atom is 0.251 e. The van der Waals surface area contributed by atoms with Crippen molar-refractivity contribution in [1.29, 1.82) is 0 Å². The molecule has 1 unspecified atom stereocenters. The Morgan fingerprint density at radius 1 is 1.35 bits per heavy atom. The molecule has 0 aromatic heterocycles. The molecule has 23 heavy (non-hydrogen) atoms. The number of hydrogen-bond donors (Lipinski definition) is 2. The summed E-state index contributed by atoms with van der Waals surface area (Å²) < 4.78 is 31.8. The minimum Gasteiger partial charge on any atom is -0.379 e. The smallest absolute Gasteiger partial charge is 0.251 e. The van der Waals surface area contributed by atoms with E-state index in [1.807, 2.05) is 14.0 Å². The van der Waals surface area contributed by atoms with E-state index in [1.165, 1.54) is 16.4 Å². The predicted octanol–water partition coefficient (Wildman–Crippen LogP) is 0.0452. The molecule has 1 aromatic rings. The van der Waals surface area contributed by atoms with Crippen LogP contribution in [0.1, 0.15) is 17.3 Å². The molecule has 1 aliphatic rings. The number of nitrogens with one attached hydrogen (secondary N) is 2. The molecular formula is C15H23N3O4S. The molecule has 0 saturated carbocycles. The van der Waals surface area contributed by atoms with Crippen molar-refractivity contribution in [1.82, 2.24) is 14.9 Å². The fraction of sp³-hybridized carbons (Fsp3) is 0.533. The first-order valence-electron chi connectivity index (χ1n) is 7.58. The number of likely N-dealkylation sites (N-methyl/N-ethyl adjacent to an activating group) is 1. The van der Waals surface area contributed by atoms with E-state index in [-0.39, 0.29) is 16.8 Å². The van der Waals surface area contributed by atoms with Gasteiger partial charge in [0, 0.05) is 31.2 Å². The van der Waals surface area contributed by atoms with E-state index in [2.05, 4.69) is 10.6 Å². The highest BCUT2D eigenvalue weighted by Gasteiger charge is 2.26. The van der Waals surface area contributed by atoms with E-state index in [0.717, 1.165) is 0 Å². The van der Waals surface area contributed by atoms with Gasteiger partial charge in [0.25, 0.3) is 5.91 Å². The summed E-state index contributed by atoms with van der Waals surface area (Å²) in [4.78, 5) is 12.3. The number of carbonyl (C=O) groups excluding carboxylic acids is 1. The Labute approximate surface area is 137 Å². The van der Waals surface area contributed by atoms with E-state index in [1.54, 1.807) is 12.1 Å². The van der Waals surface area contributed by atoms with Crippen LogP contribution in [0, 0.1) is 0 Å². The van der Waals surface area contributed by atoms with Crippen LogP contribution in [0.25, 0.3) is 0 Å². The fourth-order valence-corrected chi connectivity index (χ4v) is 3.64. The van der Waals surface area contributed by atoms with Gasteiger partial charge in [-0.3, -0.25) is 4.79 Å². The minimum absolute atomic E-state index is 0.133. The van der Waals surface area contributed by atoms with E-state index in [0.29, 0.717) is 38.4 Å². The predicted molar refractivity (Wildman–Crippen MR) is 86.9 cm³/mol. The monoisotopic (exact) mass is 341 g/mol. The molecule has 1 atom stereocenters. The Morgan fingerprint density at radius 3 is 2.70 bits per heavy atom. The zero-order valence-corrected chi connectivity index (χ0v) is 14.2. The van der Waals surface area contributed by atoms with Crippen molar-refractivity contribution in [3.8, 4) is 0 Å². The molecular weight excluding hydrogens is 318 g/mol. The quantitative estimate of drug-likeness (QED) is 0.763. The molecule has 0 bridgehead atoms. The van der Waals surface area contributed by atoms with Crippen molar-refractivity contribution >= 4 is 15.9 Å². The molecule has 0 spiro atoms. The summed E-state index contributed by atoms with van der Waals surface area (Å²) in [7, 11) is -1.78. The summed E-state index contributed by atoms with van der Waals surface area (Å²) in [5.74, 6) is -0.286. The maximum atomic E-state index is 12.6. The lowest BCUT2D eigenvalue weighted by Crippen LogP contribution is -2.40. The van der Waals surface area contributed by atoms with Gasteiger partial charge in [-0.05, 0) is 32.2 Å². The van der Waals surface area contributed by atoms with Gasteiger partial charge in [-0.25, -0.2) is 8.42 Å². The first-order valence-corrected chi connectivity index (χ1v) is 9.02. The molecule has 0 radical (unpaired) electrons. The number of morpholine rings is 1. The van der Waals surface area contributed by atoms with Crippen molar-refractivity contribution in [2.45, 2.75) is 17.9 Å². The van der Waals surface area contributed by atoms with Gasteiger partial charge in [0.2, 0.25) is 10.0 Å². The van der Waals surface area contributed by atoms with E-state index < -0.39 is 10.0 Å². The van der Waals surface area contributed by atoms with E-state index in [4.69, 9.17) is 4.74 Å². The Balaban J connectivity index is 2.14. The second kappa shape index (κ2) is 7.87. The molecule has 1 aliphatic heterocycles. The third-order valence-corrected chi connectivity index (χ3v) is 5.66. The largest absolute Gasteiger partial charge is 0.379 e. The van der Waals surface area contributed by atoms with Crippen LogP contribution < -0.4 is 10.6 Å². The van der Waals surface area contributed by atoms with Crippen molar-refractivity contribution in [2.24, 2.45) is 0 Å². The van der Waals surface area contributed by atoms with Crippen LogP contribution >= 0.6 is 0 Å². The Morgan fingerprint density at radius 2 is 2.04 bits per heavy atom. The minimum atomic E-state index is -3.59. The summed E-state index contributed by atoms with van der Waals surface area (Å²) in [6.45, 7) is 3.86. The SMILES string of the molecule is CNC(C)CNC(=O)c1cccc(S(=O)(=O)N2CCOCC2)c1. The summed E-state index contributed by atoms with van der Waals surface area (Å²) in [6, 6.07) is 6.27. The summed E-state index contributed by atoms with van der Waals surface area (Å²) >= 11 is 0. The number of ether oxygens (including phenoxy) is 1. The zero-order valence-electron chi connectivity index (χ0n) is 13.4.